The van der Waals surface area contributed by atoms with Gasteiger partial charge in [0, 0.05) is 38.6 Å². The van der Waals surface area contributed by atoms with Crippen molar-refractivity contribution in [3.8, 4) is 0 Å². The number of aromatic nitrogens is 3. The van der Waals surface area contributed by atoms with Crippen LogP contribution in [0.3, 0.4) is 0 Å². The number of fused-ring (bicyclic) bond motifs is 1. The van der Waals surface area contributed by atoms with Gasteiger partial charge in [0.25, 0.3) is 5.91 Å². The van der Waals surface area contributed by atoms with Crippen LogP contribution in [0.5, 0.6) is 0 Å². The average molecular weight is 434 g/mol. The smallest absolute Gasteiger partial charge is 0.280 e. The molecule has 7 nitrogen and oxygen atoms in total. The van der Waals surface area contributed by atoms with Crippen LogP contribution in [0.1, 0.15) is 21.6 Å². The molecule has 1 fully saturated rings. The van der Waals surface area contributed by atoms with E-state index in [1.165, 1.54) is 11.8 Å². The minimum Gasteiger partial charge on any atom is -0.379 e. The van der Waals surface area contributed by atoms with Gasteiger partial charge in [-0.05, 0) is 31.0 Å². The number of carbonyl (C=O) groups is 1. The highest BCUT2D eigenvalue weighted by molar-refractivity contribution is 7.22. The van der Waals surface area contributed by atoms with Crippen molar-refractivity contribution in [3.63, 3.8) is 0 Å². The fourth-order valence-corrected chi connectivity index (χ4v) is 4.28. The van der Waals surface area contributed by atoms with E-state index in [4.69, 9.17) is 9.72 Å². The summed E-state index contributed by atoms with van der Waals surface area (Å²) in [7, 11) is 0. The van der Waals surface area contributed by atoms with Gasteiger partial charge < -0.3 is 4.74 Å². The molecule has 3 heterocycles. The number of carbonyl (C=O) groups excluding carboxylic acids is 1. The molecular formula is C20H24ClN5O2S. The lowest BCUT2D eigenvalue weighted by Crippen LogP contribution is -2.43. The maximum absolute atomic E-state index is 13.2. The first kappa shape index (κ1) is 21.6. The topological polar surface area (TPSA) is 71.5 Å². The van der Waals surface area contributed by atoms with Gasteiger partial charge in [-0.25, -0.2) is 9.97 Å². The predicted molar refractivity (Wildman–Crippen MR) is 117 cm³/mol. The van der Waals surface area contributed by atoms with Crippen molar-refractivity contribution < 1.29 is 9.53 Å². The summed E-state index contributed by atoms with van der Waals surface area (Å²) in [5.41, 5.74) is 3.64. The van der Waals surface area contributed by atoms with E-state index in [1.54, 1.807) is 28.6 Å². The zero-order chi connectivity index (χ0) is 19.5. The minimum absolute atomic E-state index is 0. The van der Waals surface area contributed by atoms with Crippen molar-refractivity contribution in [2.45, 2.75) is 13.8 Å². The van der Waals surface area contributed by atoms with Gasteiger partial charge in [-0.15, -0.1) is 12.4 Å². The third-order valence-corrected chi connectivity index (χ3v) is 6.12. The average Bonchev–Trinajstić information content (AvgIpc) is 3.17. The van der Waals surface area contributed by atoms with Crippen molar-refractivity contribution in [3.05, 3.63) is 47.5 Å². The minimum atomic E-state index is -0.171. The molecule has 0 saturated carbocycles. The number of ether oxygens (including phenoxy) is 1. The zero-order valence-corrected chi connectivity index (χ0v) is 18.1. The summed E-state index contributed by atoms with van der Waals surface area (Å²) < 4.78 is 6.51. The van der Waals surface area contributed by atoms with Gasteiger partial charge in [0.15, 0.2) is 5.13 Å². The van der Waals surface area contributed by atoms with Crippen LogP contribution < -0.4 is 4.90 Å². The monoisotopic (exact) mass is 433 g/mol. The fraction of sp³-hybridized carbons (Fsp3) is 0.400. The van der Waals surface area contributed by atoms with Crippen LogP contribution in [0.4, 0.5) is 5.13 Å². The van der Waals surface area contributed by atoms with E-state index in [1.807, 2.05) is 0 Å². The Bertz CT molecular complexity index is 976. The number of aryl methyl sites for hydroxylation is 2. The van der Waals surface area contributed by atoms with Crippen molar-refractivity contribution in [2.75, 3.05) is 44.3 Å². The van der Waals surface area contributed by atoms with Gasteiger partial charge in [-0.3, -0.25) is 19.6 Å². The summed E-state index contributed by atoms with van der Waals surface area (Å²) in [6.45, 7) is 8.70. The van der Waals surface area contributed by atoms with Gasteiger partial charge >= 0.3 is 0 Å². The molecule has 3 aromatic rings. The number of hydrogen-bond donors (Lipinski definition) is 0. The first-order valence-electron chi connectivity index (χ1n) is 9.38. The van der Waals surface area contributed by atoms with Crippen molar-refractivity contribution >= 4 is 45.0 Å². The molecule has 0 atom stereocenters. The summed E-state index contributed by atoms with van der Waals surface area (Å²) in [6, 6.07) is 4.17. The van der Waals surface area contributed by atoms with E-state index in [0.29, 0.717) is 17.4 Å². The highest BCUT2D eigenvalue weighted by atomic mass is 35.5. The first-order valence-corrected chi connectivity index (χ1v) is 10.2. The van der Waals surface area contributed by atoms with Crippen LogP contribution in [0.25, 0.3) is 10.2 Å². The van der Waals surface area contributed by atoms with Crippen molar-refractivity contribution in [2.24, 2.45) is 0 Å². The summed E-state index contributed by atoms with van der Waals surface area (Å²) in [4.78, 5) is 30.3. The van der Waals surface area contributed by atoms with Crippen LogP contribution >= 0.6 is 23.7 Å². The lowest BCUT2D eigenvalue weighted by atomic mass is 10.1. The van der Waals surface area contributed by atoms with Crippen LogP contribution in [0.2, 0.25) is 0 Å². The van der Waals surface area contributed by atoms with Crippen molar-refractivity contribution in [1.29, 1.82) is 0 Å². The normalized spacial score (nSPS) is 14.6. The standard InChI is InChI=1S/C20H23N5O2S.ClH/c1-14-3-4-17-18(15(14)2)23-20(28-17)25(8-7-24-9-11-27-12-10-24)19(26)16-13-21-5-6-22-16;/h3-6,13H,7-12H2,1-2H3;1H. The molecule has 0 unspecified atom stereocenters. The van der Waals surface area contributed by atoms with E-state index in [0.717, 1.165) is 48.6 Å². The van der Waals surface area contributed by atoms with E-state index in [9.17, 15) is 4.79 Å². The molecule has 0 radical (unpaired) electrons. The second kappa shape index (κ2) is 9.58. The van der Waals surface area contributed by atoms with Crippen LogP contribution in [0, 0.1) is 13.8 Å². The van der Waals surface area contributed by atoms with Gasteiger partial charge in [-0.2, -0.15) is 0 Å². The quantitative estimate of drug-likeness (QED) is 0.615. The lowest BCUT2D eigenvalue weighted by molar-refractivity contribution is 0.0391. The van der Waals surface area contributed by atoms with Crippen LogP contribution in [-0.4, -0.2) is 65.2 Å². The summed E-state index contributed by atoms with van der Waals surface area (Å²) in [5, 5.41) is 0.701. The number of anilines is 1. The van der Waals surface area contributed by atoms with E-state index < -0.39 is 0 Å². The molecule has 0 N–H and O–H groups in total. The number of thiazole rings is 1. The number of rotatable bonds is 5. The molecule has 2 aromatic heterocycles. The van der Waals surface area contributed by atoms with E-state index >= 15 is 0 Å². The Balaban J connectivity index is 0.00000240. The SMILES string of the molecule is Cc1ccc2sc(N(CCN3CCOCC3)C(=O)c3cnccn3)nc2c1C.Cl. The molecule has 0 spiro atoms. The Morgan fingerprint density at radius 3 is 2.76 bits per heavy atom. The third-order valence-electron chi connectivity index (χ3n) is 5.08. The van der Waals surface area contributed by atoms with E-state index in [-0.39, 0.29) is 18.3 Å². The highest BCUT2D eigenvalue weighted by Crippen LogP contribution is 2.32. The highest BCUT2D eigenvalue weighted by Gasteiger charge is 2.24. The summed E-state index contributed by atoms with van der Waals surface area (Å²) >= 11 is 1.54. The third kappa shape index (κ3) is 4.72. The Kier molecular flexibility index (Phi) is 7.13. The Labute approximate surface area is 180 Å². The molecule has 154 valence electrons. The second-order valence-electron chi connectivity index (χ2n) is 6.85. The Morgan fingerprint density at radius 2 is 2.03 bits per heavy atom. The molecule has 4 rings (SSSR count). The molecule has 1 amide bonds. The lowest BCUT2D eigenvalue weighted by Gasteiger charge is -2.29. The van der Waals surface area contributed by atoms with Crippen LogP contribution in [-0.2, 0) is 4.74 Å². The molecule has 1 saturated heterocycles. The fourth-order valence-electron chi connectivity index (χ4n) is 3.23. The van der Waals surface area contributed by atoms with Crippen molar-refractivity contribution in [1.82, 2.24) is 19.9 Å². The number of halogens is 1. The molecule has 29 heavy (non-hydrogen) atoms. The molecular weight excluding hydrogens is 410 g/mol. The molecule has 0 aliphatic carbocycles. The number of amides is 1. The number of nitrogens with zero attached hydrogens (tertiary/aromatic N) is 5. The molecule has 0 bridgehead atoms. The summed E-state index contributed by atoms with van der Waals surface area (Å²) in [5.74, 6) is -0.171. The zero-order valence-electron chi connectivity index (χ0n) is 16.5. The van der Waals surface area contributed by atoms with Crippen LogP contribution in [0.15, 0.2) is 30.7 Å². The number of hydrogen-bond acceptors (Lipinski definition) is 7. The molecule has 1 aromatic carbocycles. The maximum Gasteiger partial charge on any atom is 0.280 e. The maximum atomic E-state index is 13.2. The van der Waals surface area contributed by atoms with Gasteiger partial charge in [0.2, 0.25) is 0 Å². The summed E-state index contributed by atoms with van der Waals surface area (Å²) in [6.07, 6.45) is 4.62. The van der Waals surface area contributed by atoms with E-state index in [2.05, 4.69) is 40.8 Å². The number of benzene rings is 1. The Morgan fingerprint density at radius 1 is 1.24 bits per heavy atom. The second-order valence-corrected chi connectivity index (χ2v) is 7.86. The largest absolute Gasteiger partial charge is 0.379 e. The Hall–Kier alpha value is -2.13. The first-order chi connectivity index (χ1) is 13.6. The molecule has 1 aliphatic heterocycles. The predicted octanol–water partition coefficient (Wildman–Crippen LogP) is 3.10. The molecule has 1 aliphatic rings. The van der Waals surface area contributed by atoms with Gasteiger partial charge in [0.1, 0.15) is 5.69 Å². The molecule has 9 heteroatoms. The van der Waals surface area contributed by atoms with Gasteiger partial charge in [0.05, 0.1) is 29.6 Å². The number of morpholine rings is 1. The van der Waals surface area contributed by atoms with Gasteiger partial charge in [-0.1, -0.05) is 17.4 Å².